The first-order valence-electron chi connectivity index (χ1n) is 22.5. The molecule has 14 heteroatoms. The lowest BCUT2D eigenvalue weighted by Gasteiger charge is -2.44. The van der Waals surface area contributed by atoms with Gasteiger partial charge in [0.15, 0.2) is 6.23 Å². The molecule has 0 unspecified atom stereocenters. The number of aromatic hydroxyl groups is 1. The Morgan fingerprint density at radius 2 is 1.59 bits per heavy atom. The highest BCUT2D eigenvalue weighted by Gasteiger charge is 2.36. The third-order valence-electron chi connectivity index (χ3n) is 12.7. The molecule has 0 aliphatic carbocycles. The minimum atomic E-state index is -0.845. The fraction of sp³-hybridized carbons (Fsp3) is 0.400. The van der Waals surface area contributed by atoms with Crippen LogP contribution in [0.5, 0.6) is 11.5 Å². The highest BCUT2D eigenvalue weighted by molar-refractivity contribution is 5.94. The molecule has 3 atom stereocenters. The molecule has 1 aromatic heterocycles. The topological polar surface area (TPSA) is 183 Å². The molecule has 5 N–H and O–H groups in total. The van der Waals surface area contributed by atoms with Crippen LogP contribution in [-0.4, -0.2) is 95.1 Å². The van der Waals surface area contributed by atoms with Gasteiger partial charge in [0.25, 0.3) is 5.91 Å². The molecule has 4 aliphatic heterocycles. The molecular weight excluding hydrogens is 815 g/mol. The number of likely N-dealkylation sites (tertiary alicyclic amines) is 1. The summed E-state index contributed by atoms with van der Waals surface area (Å²) in [6.45, 7) is 4.34. The summed E-state index contributed by atoms with van der Waals surface area (Å²) in [4.78, 5) is 57.8. The van der Waals surface area contributed by atoms with E-state index >= 15 is 0 Å². The van der Waals surface area contributed by atoms with Crippen LogP contribution in [0.25, 0.3) is 10.9 Å². The van der Waals surface area contributed by atoms with Gasteiger partial charge in [-0.05, 0) is 110 Å². The Kier molecular flexibility index (Phi) is 14.5. The van der Waals surface area contributed by atoms with Crippen molar-refractivity contribution >= 4 is 28.9 Å². The summed E-state index contributed by atoms with van der Waals surface area (Å²) in [5, 5.41) is 27.7. The van der Waals surface area contributed by atoms with Crippen LogP contribution in [-0.2, 0) is 20.9 Å². The Balaban J connectivity index is 0.741. The molecule has 0 saturated carbocycles. The van der Waals surface area contributed by atoms with Crippen molar-refractivity contribution in [1.29, 1.82) is 0 Å². The van der Waals surface area contributed by atoms with Crippen molar-refractivity contribution in [1.82, 2.24) is 25.4 Å². The lowest BCUT2D eigenvalue weighted by molar-refractivity contribution is -0.150. The minimum absolute atomic E-state index is 0.0569. The smallest absolute Gasteiger partial charge is 0.409 e. The van der Waals surface area contributed by atoms with Gasteiger partial charge in [-0.2, -0.15) is 0 Å². The van der Waals surface area contributed by atoms with Crippen molar-refractivity contribution < 1.29 is 38.8 Å². The number of piperidine rings is 4. The molecule has 336 valence electrons. The van der Waals surface area contributed by atoms with Crippen LogP contribution in [0.3, 0.4) is 0 Å². The SMILES string of the molecule is O=C(N[C@@H](c1ccccc1)c1cccc(OCc2ccc(C(=O)N3CCC(C(=O)OCCCCNC[C@H](O)c4ccc(O)c5[nH]c(=O)ccc45)CC3)cc2)c1)O[C@H]1CC2CCN1CC2. The van der Waals surface area contributed by atoms with E-state index in [0.717, 1.165) is 42.6 Å². The number of aromatic nitrogens is 1. The molecular formula is C50H57N5O9. The highest BCUT2D eigenvalue weighted by Crippen LogP contribution is 2.33. The van der Waals surface area contributed by atoms with Gasteiger partial charge in [0, 0.05) is 56.2 Å². The lowest BCUT2D eigenvalue weighted by atomic mass is 9.87. The quantitative estimate of drug-likeness (QED) is 0.0504. The number of nitrogens with one attached hydrogen (secondary N) is 3. The van der Waals surface area contributed by atoms with Gasteiger partial charge in [-0.3, -0.25) is 19.3 Å². The summed E-state index contributed by atoms with van der Waals surface area (Å²) in [5.41, 5.74) is 3.83. The van der Waals surface area contributed by atoms with Crippen molar-refractivity contribution in [3.05, 3.63) is 141 Å². The Hall–Kier alpha value is -6.22. The van der Waals surface area contributed by atoms with Gasteiger partial charge in [0.2, 0.25) is 5.56 Å². The molecule has 5 aromatic rings. The first-order valence-corrected chi connectivity index (χ1v) is 22.5. The van der Waals surface area contributed by atoms with E-state index < -0.39 is 18.2 Å². The number of esters is 1. The van der Waals surface area contributed by atoms with Crippen molar-refractivity contribution in [2.75, 3.05) is 45.9 Å². The molecule has 5 heterocycles. The van der Waals surface area contributed by atoms with Crippen molar-refractivity contribution in [3.8, 4) is 11.5 Å². The Labute approximate surface area is 372 Å². The Bertz CT molecular complexity index is 2430. The monoisotopic (exact) mass is 871 g/mol. The number of amides is 2. The number of carbonyl (C=O) groups excluding carboxylic acids is 3. The number of nitrogens with zero attached hydrogens (tertiary/aromatic N) is 2. The predicted molar refractivity (Wildman–Crippen MR) is 241 cm³/mol. The van der Waals surface area contributed by atoms with E-state index in [2.05, 4.69) is 20.5 Å². The number of alkyl carbamates (subject to hydrolysis) is 1. The standard InChI is InChI=1S/C50H57N5O9/c56-42-17-15-40(41-16-18-44(58)52-47(41)42)43(57)31-51-23-4-5-28-62-49(60)37-21-26-55(27-22-37)48(59)36-13-11-34(12-14-36)32-63-39-10-6-9-38(30-39)46(35-7-2-1-3-8-35)53-50(61)64-45-29-33-19-24-54(45)25-20-33/h1-3,6-18,30,33,37,43,45-46,51,56-57H,4-5,19-29,31-32H2,(H,52,58)(H,53,61)/t43-,45-,46-/m0/s1. The molecule has 2 amide bonds. The average Bonchev–Trinajstić information content (AvgIpc) is 3.33. The number of ether oxygens (including phenoxy) is 3. The Morgan fingerprint density at radius 1 is 0.828 bits per heavy atom. The zero-order chi connectivity index (χ0) is 44.4. The first-order chi connectivity index (χ1) is 31.2. The lowest BCUT2D eigenvalue weighted by Crippen LogP contribution is -2.51. The Morgan fingerprint density at radius 3 is 2.34 bits per heavy atom. The predicted octanol–water partition coefficient (Wildman–Crippen LogP) is 6.57. The number of hydrogen-bond donors (Lipinski definition) is 5. The number of aromatic amines is 1. The summed E-state index contributed by atoms with van der Waals surface area (Å²) in [6, 6.07) is 30.5. The maximum atomic E-state index is 13.4. The average molecular weight is 872 g/mol. The number of unbranched alkanes of at least 4 members (excludes halogenated alkanes) is 1. The molecule has 4 fully saturated rings. The maximum absolute atomic E-state index is 13.4. The van der Waals surface area contributed by atoms with Crippen molar-refractivity contribution in [2.24, 2.45) is 11.8 Å². The number of H-pyrrole nitrogens is 1. The molecule has 2 bridgehead atoms. The summed E-state index contributed by atoms with van der Waals surface area (Å²) >= 11 is 0. The fourth-order valence-electron chi connectivity index (χ4n) is 9.05. The number of phenols is 1. The minimum Gasteiger partial charge on any atom is -0.506 e. The van der Waals surface area contributed by atoms with Crippen LogP contribution in [0.4, 0.5) is 4.79 Å². The largest absolute Gasteiger partial charge is 0.506 e. The number of pyridine rings is 1. The second-order valence-electron chi connectivity index (χ2n) is 17.1. The van der Waals surface area contributed by atoms with E-state index in [1.807, 2.05) is 78.9 Å². The van der Waals surface area contributed by atoms with Gasteiger partial charge in [0.1, 0.15) is 18.1 Å². The molecule has 4 saturated heterocycles. The molecule has 14 nitrogen and oxygen atoms in total. The van der Waals surface area contributed by atoms with Crippen LogP contribution >= 0.6 is 0 Å². The van der Waals surface area contributed by atoms with E-state index in [9.17, 15) is 29.4 Å². The molecule has 9 rings (SSSR count). The summed E-state index contributed by atoms with van der Waals surface area (Å²) in [5.74, 6) is 0.638. The number of benzene rings is 4. The van der Waals surface area contributed by atoms with Gasteiger partial charge in [-0.25, -0.2) is 4.79 Å². The van der Waals surface area contributed by atoms with E-state index in [-0.39, 0.29) is 41.9 Å². The number of aliphatic hydroxyl groups excluding tert-OH is 1. The van der Waals surface area contributed by atoms with E-state index in [4.69, 9.17) is 14.2 Å². The van der Waals surface area contributed by atoms with E-state index in [0.29, 0.717) is 85.8 Å². The van der Waals surface area contributed by atoms with E-state index in [1.54, 1.807) is 17.0 Å². The van der Waals surface area contributed by atoms with Crippen LogP contribution in [0.15, 0.2) is 108 Å². The third-order valence-corrected chi connectivity index (χ3v) is 12.7. The molecule has 0 radical (unpaired) electrons. The van der Waals surface area contributed by atoms with Gasteiger partial charge in [-0.1, -0.05) is 60.7 Å². The van der Waals surface area contributed by atoms with Crippen molar-refractivity contribution in [3.63, 3.8) is 0 Å². The molecule has 64 heavy (non-hydrogen) atoms. The van der Waals surface area contributed by atoms with E-state index in [1.165, 1.54) is 25.0 Å². The van der Waals surface area contributed by atoms with Gasteiger partial charge < -0.3 is 44.9 Å². The van der Waals surface area contributed by atoms with Crippen LogP contribution in [0.2, 0.25) is 0 Å². The van der Waals surface area contributed by atoms with Gasteiger partial charge in [-0.15, -0.1) is 0 Å². The number of phenolic OH excluding ortho intramolecular Hbond substituents is 1. The summed E-state index contributed by atoms with van der Waals surface area (Å²) in [6.07, 6.45) is 4.22. The number of aliphatic hydroxyl groups is 1. The highest BCUT2D eigenvalue weighted by atomic mass is 16.6. The summed E-state index contributed by atoms with van der Waals surface area (Å²) < 4.78 is 17.7. The van der Waals surface area contributed by atoms with Crippen molar-refractivity contribution in [2.45, 2.75) is 69.9 Å². The fourth-order valence-corrected chi connectivity index (χ4v) is 9.05. The normalized spacial score (nSPS) is 19.5. The first kappa shape index (κ1) is 44.4. The number of hydrogen-bond acceptors (Lipinski definition) is 11. The number of rotatable bonds is 17. The zero-order valence-corrected chi connectivity index (χ0v) is 36.0. The van der Waals surface area contributed by atoms with Gasteiger partial charge in [0.05, 0.1) is 30.2 Å². The third kappa shape index (κ3) is 11.1. The van der Waals surface area contributed by atoms with Crippen LogP contribution in [0, 0.1) is 11.8 Å². The van der Waals surface area contributed by atoms with Crippen LogP contribution in [0.1, 0.15) is 89.7 Å². The molecule has 0 spiro atoms. The van der Waals surface area contributed by atoms with Gasteiger partial charge >= 0.3 is 12.1 Å². The molecule has 4 aromatic carbocycles. The maximum Gasteiger partial charge on any atom is 0.409 e. The molecule has 4 aliphatic rings. The second-order valence-corrected chi connectivity index (χ2v) is 17.1. The second kappa shape index (κ2) is 21.0. The summed E-state index contributed by atoms with van der Waals surface area (Å²) in [7, 11) is 0. The number of fused-ring (bicyclic) bond motifs is 4. The van der Waals surface area contributed by atoms with Crippen LogP contribution < -0.4 is 20.9 Å². The number of carbonyl (C=O) groups is 3. The zero-order valence-electron chi connectivity index (χ0n) is 36.0.